The average Bonchev–Trinajstić information content (AvgIpc) is 2.57. The van der Waals surface area contributed by atoms with Crippen molar-refractivity contribution in [1.82, 2.24) is 5.43 Å². The molecule has 0 bridgehead atoms. The summed E-state index contributed by atoms with van der Waals surface area (Å²) in [4.78, 5) is 21.5. The molecule has 0 aliphatic heterocycles. The largest absolute Gasteiger partial charge is 0.867 e. The molecule has 0 aromatic heterocycles. The molecule has 0 radical (unpaired) electrons. The summed E-state index contributed by atoms with van der Waals surface area (Å²) >= 11 is 11.4. The van der Waals surface area contributed by atoms with Crippen LogP contribution in [0.5, 0.6) is 11.5 Å². The first kappa shape index (κ1) is 18.5. The molecule has 0 unspecified atom stereocenters. The Balaban J connectivity index is 1.95. The van der Waals surface area contributed by atoms with Crippen molar-refractivity contribution in [3.8, 4) is 11.5 Å². The third kappa shape index (κ3) is 5.33. The van der Waals surface area contributed by atoms with E-state index in [1.165, 1.54) is 6.07 Å². The van der Waals surface area contributed by atoms with Gasteiger partial charge in [-0.2, -0.15) is 5.10 Å². The van der Waals surface area contributed by atoms with Crippen LogP contribution in [0.2, 0.25) is 10.0 Å². The number of carbonyl (C=O) groups is 1. The van der Waals surface area contributed by atoms with Crippen LogP contribution in [0.4, 0.5) is 5.69 Å². The van der Waals surface area contributed by atoms with Gasteiger partial charge < -0.3 is 9.84 Å². The highest BCUT2D eigenvalue weighted by Gasteiger charge is 2.11. The summed E-state index contributed by atoms with van der Waals surface area (Å²) in [5, 5.41) is 26.7. The van der Waals surface area contributed by atoms with E-state index in [0.717, 1.165) is 12.3 Å². The fourth-order valence-corrected chi connectivity index (χ4v) is 2.06. The molecular formula is C15H10Cl2N3O5-. The minimum Gasteiger partial charge on any atom is -0.867 e. The summed E-state index contributed by atoms with van der Waals surface area (Å²) in [5.41, 5.74) is 1.33. The van der Waals surface area contributed by atoms with Crippen LogP contribution >= 0.6 is 23.2 Å². The van der Waals surface area contributed by atoms with Gasteiger partial charge in [0.15, 0.2) is 6.61 Å². The molecular weight excluding hydrogens is 373 g/mol. The Labute approximate surface area is 151 Å². The number of halogens is 2. The van der Waals surface area contributed by atoms with Crippen LogP contribution in [0.25, 0.3) is 0 Å². The van der Waals surface area contributed by atoms with E-state index in [9.17, 15) is 20.0 Å². The first-order chi connectivity index (χ1) is 11.9. The van der Waals surface area contributed by atoms with Gasteiger partial charge in [-0.25, -0.2) is 5.43 Å². The molecule has 2 rings (SSSR count). The van der Waals surface area contributed by atoms with Gasteiger partial charge in [-0.15, -0.1) is 0 Å². The predicted octanol–water partition coefficient (Wildman–Crippen LogP) is 2.50. The Morgan fingerprint density at radius 2 is 1.92 bits per heavy atom. The third-order valence-corrected chi connectivity index (χ3v) is 3.31. The lowest BCUT2D eigenvalue weighted by Crippen LogP contribution is -2.24. The van der Waals surface area contributed by atoms with Crippen molar-refractivity contribution >= 4 is 41.0 Å². The summed E-state index contributed by atoms with van der Waals surface area (Å²) in [6.07, 6.45) is 0.974. The fourth-order valence-electron chi connectivity index (χ4n) is 1.72. The quantitative estimate of drug-likeness (QED) is 0.467. The molecule has 0 heterocycles. The van der Waals surface area contributed by atoms with E-state index in [-0.39, 0.29) is 17.2 Å². The normalized spacial score (nSPS) is 10.6. The van der Waals surface area contributed by atoms with Gasteiger partial charge >= 0.3 is 0 Å². The zero-order valence-corrected chi connectivity index (χ0v) is 14.0. The van der Waals surface area contributed by atoms with Crippen molar-refractivity contribution in [2.45, 2.75) is 0 Å². The molecule has 0 saturated carbocycles. The summed E-state index contributed by atoms with van der Waals surface area (Å²) in [5.74, 6) is -1.00. The summed E-state index contributed by atoms with van der Waals surface area (Å²) < 4.78 is 5.20. The van der Waals surface area contributed by atoms with Crippen LogP contribution in [0.15, 0.2) is 41.5 Å². The lowest BCUT2D eigenvalue weighted by atomic mass is 10.2. The lowest BCUT2D eigenvalue weighted by molar-refractivity contribution is -0.398. The first-order valence-corrected chi connectivity index (χ1v) is 7.47. The topological polar surface area (TPSA) is 117 Å². The van der Waals surface area contributed by atoms with Crippen LogP contribution in [0.3, 0.4) is 0 Å². The van der Waals surface area contributed by atoms with Crippen LogP contribution in [-0.2, 0) is 4.79 Å². The number of benzene rings is 2. The number of hydrogen-bond acceptors (Lipinski definition) is 6. The highest BCUT2D eigenvalue weighted by atomic mass is 35.5. The van der Waals surface area contributed by atoms with Crippen LogP contribution in [0, 0.1) is 10.1 Å². The fraction of sp³-hybridized carbons (Fsp3) is 0.0667. The molecule has 10 heteroatoms. The monoisotopic (exact) mass is 382 g/mol. The zero-order valence-electron chi connectivity index (χ0n) is 12.4. The predicted molar refractivity (Wildman–Crippen MR) is 90.2 cm³/mol. The Kier molecular flexibility index (Phi) is 6.15. The standard InChI is InChI=1S/C15H11Cl2N3O5/c16-10-1-3-12(4-2-10)25-8-14(21)19-18-7-9-5-11(17)6-13(15(9)22)20(23)24/h1-7,22H,8H2,(H,19,21)/p-1/b18-7-. The van der Waals surface area contributed by atoms with E-state index >= 15 is 0 Å². The van der Waals surface area contributed by atoms with Gasteiger partial charge in [0.25, 0.3) is 11.6 Å². The molecule has 0 aliphatic rings. The molecule has 8 nitrogen and oxygen atoms in total. The maximum atomic E-state index is 11.8. The van der Waals surface area contributed by atoms with Crippen LogP contribution in [0.1, 0.15) is 5.56 Å². The molecule has 2 aromatic carbocycles. The SMILES string of the molecule is O=C(COc1ccc(Cl)cc1)N/N=C\c1cc(Cl)cc([N+](=O)[O-])c1[O-]. The summed E-state index contributed by atoms with van der Waals surface area (Å²) in [6.45, 7) is -0.321. The number of nitro groups is 1. The molecule has 2 aromatic rings. The molecule has 0 spiro atoms. The molecule has 0 saturated heterocycles. The van der Waals surface area contributed by atoms with Crippen molar-refractivity contribution in [3.05, 3.63) is 62.1 Å². The molecule has 130 valence electrons. The van der Waals surface area contributed by atoms with E-state index in [2.05, 4.69) is 10.5 Å². The second kappa shape index (κ2) is 8.32. The van der Waals surface area contributed by atoms with Gasteiger partial charge in [0.2, 0.25) is 0 Å². The van der Waals surface area contributed by atoms with Crippen molar-refractivity contribution in [2.75, 3.05) is 6.61 Å². The minimum atomic E-state index is -0.857. The van der Waals surface area contributed by atoms with Gasteiger partial charge in [0, 0.05) is 16.1 Å². The molecule has 0 atom stereocenters. The number of nitro benzene ring substituents is 1. The van der Waals surface area contributed by atoms with Gasteiger partial charge in [-0.3, -0.25) is 14.9 Å². The number of rotatable bonds is 6. The van der Waals surface area contributed by atoms with E-state index in [4.69, 9.17) is 27.9 Å². The van der Waals surface area contributed by atoms with E-state index < -0.39 is 22.3 Å². The van der Waals surface area contributed by atoms with Gasteiger partial charge in [0.05, 0.1) is 11.1 Å². The number of amides is 1. The number of carbonyl (C=O) groups excluding carboxylic acids is 1. The Morgan fingerprint density at radius 1 is 1.24 bits per heavy atom. The zero-order chi connectivity index (χ0) is 18.4. The smallest absolute Gasteiger partial charge is 0.277 e. The maximum Gasteiger partial charge on any atom is 0.277 e. The van der Waals surface area contributed by atoms with Gasteiger partial charge in [-0.1, -0.05) is 23.2 Å². The maximum absolute atomic E-state index is 11.8. The second-order valence-electron chi connectivity index (χ2n) is 4.64. The van der Waals surface area contributed by atoms with E-state index in [0.29, 0.717) is 10.8 Å². The number of ether oxygens (including phenoxy) is 1. The Bertz CT molecular complexity index is 825. The van der Waals surface area contributed by atoms with Gasteiger partial charge in [-0.05, 0) is 41.6 Å². The first-order valence-electron chi connectivity index (χ1n) is 6.72. The number of hydrogen-bond donors (Lipinski definition) is 1. The number of nitrogens with zero attached hydrogens (tertiary/aromatic N) is 2. The number of nitrogens with one attached hydrogen (secondary N) is 1. The molecule has 0 fully saturated rings. The van der Waals surface area contributed by atoms with Crippen molar-refractivity contribution in [1.29, 1.82) is 0 Å². The molecule has 0 aliphatic carbocycles. The van der Waals surface area contributed by atoms with Crippen molar-refractivity contribution in [3.63, 3.8) is 0 Å². The second-order valence-corrected chi connectivity index (χ2v) is 5.51. The van der Waals surface area contributed by atoms with Crippen LogP contribution < -0.4 is 15.3 Å². The Hall–Kier alpha value is -2.84. The Morgan fingerprint density at radius 3 is 2.56 bits per heavy atom. The highest BCUT2D eigenvalue weighted by molar-refractivity contribution is 6.31. The van der Waals surface area contributed by atoms with Gasteiger partial charge in [0.1, 0.15) is 5.75 Å². The molecule has 25 heavy (non-hydrogen) atoms. The number of hydrazone groups is 1. The van der Waals surface area contributed by atoms with E-state index in [1.54, 1.807) is 24.3 Å². The molecule has 1 N–H and O–H groups in total. The van der Waals surface area contributed by atoms with Crippen molar-refractivity contribution < 1.29 is 19.6 Å². The highest BCUT2D eigenvalue weighted by Crippen LogP contribution is 2.29. The lowest BCUT2D eigenvalue weighted by Gasteiger charge is -2.10. The van der Waals surface area contributed by atoms with E-state index in [1.807, 2.05) is 0 Å². The average molecular weight is 383 g/mol. The summed E-state index contributed by atoms with van der Waals surface area (Å²) in [7, 11) is 0. The van der Waals surface area contributed by atoms with Crippen molar-refractivity contribution in [2.24, 2.45) is 5.10 Å². The molecule has 1 amide bonds. The van der Waals surface area contributed by atoms with Crippen LogP contribution in [-0.4, -0.2) is 23.7 Å². The third-order valence-electron chi connectivity index (χ3n) is 2.84. The minimum absolute atomic E-state index is 0.00477. The summed E-state index contributed by atoms with van der Waals surface area (Å²) in [6, 6.07) is 8.54.